The zero-order chi connectivity index (χ0) is 20.0. The van der Waals surface area contributed by atoms with Crippen LogP contribution in [0.15, 0.2) is 71.6 Å². The maximum Gasteiger partial charge on any atom is 0.263 e. The van der Waals surface area contributed by atoms with E-state index in [1.165, 1.54) is 12.1 Å². The van der Waals surface area contributed by atoms with E-state index >= 15 is 0 Å². The summed E-state index contributed by atoms with van der Waals surface area (Å²) >= 11 is 0. The lowest BCUT2D eigenvalue weighted by Gasteiger charge is -2.14. The van der Waals surface area contributed by atoms with E-state index in [4.69, 9.17) is 4.74 Å². The number of anilines is 2. The van der Waals surface area contributed by atoms with Gasteiger partial charge in [0.2, 0.25) is 0 Å². The van der Waals surface area contributed by atoms with Crippen LogP contribution >= 0.6 is 0 Å². The molecule has 0 bridgehead atoms. The van der Waals surface area contributed by atoms with Gasteiger partial charge in [-0.25, -0.2) is 8.42 Å². The molecule has 3 aromatic rings. The second-order valence-electron chi connectivity index (χ2n) is 6.09. The van der Waals surface area contributed by atoms with E-state index in [2.05, 4.69) is 20.2 Å². The monoisotopic (exact) mass is 398 g/mol. The molecule has 0 aliphatic heterocycles. The minimum Gasteiger partial charge on any atom is -0.494 e. The lowest BCUT2D eigenvalue weighted by Crippen LogP contribution is -2.15. The molecule has 146 valence electrons. The van der Waals surface area contributed by atoms with Gasteiger partial charge in [0, 0.05) is 6.04 Å². The lowest BCUT2D eigenvalue weighted by atomic mass is 10.1. The van der Waals surface area contributed by atoms with Crippen molar-refractivity contribution in [3.05, 3.63) is 72.3 Å². The summed E-state index contributed by atoms with van der Waals surface area (Å²) in [6.45, 7) is 4.40. The van der Waals surface area contributed by atoms with Gasteiger partial charge in [0.1, 0.15) is 11.6 Å². The van der Waals surface area contributed by atoms with Gasteiger partial charge in [-0.2, -0.15) is 0 Å². The van der Waals surface area contributed by atoms with Gasteiger partial charge in [0.05, 0.1) is 11.5 Å². The fourth-order valence-electron chi connectivity index (χ4n) is 2.59. The molecule has 7 nitrogen and oxygen atoms in total. The van der Waals surface area contributed by atoms with Crippen LogP contribution in [0.3, 0.4) is 0 Å². The van der Waals surface area contributed by atoms with Crippen molar-refractivity contribution < 1.29 is 13.2 Å². The third-order valence-electron chi connectivity index (χ3n) is 4.01. The molecule has 1 aromatic heterocycles. The molecule has 0 spiro atoms. The molecule has 0 radical (unpaired) electrons. The third-order valence-corrected chi connectivity index (χ3v) is 5.38. The van der Waals surface area contributed by atoms with Crippen molar-refractivity contribution in [1.29, 1.82) is 0 Å². The van der Waals surface area contributed by atoms with Gasteiger partial charge in [0.15, 0.2) is 5.82 Å². The number of hydrogen-bond acceptors (Lipinski definition) is 6. The number of nitrogens with one attached hydrogen (secondary N) is 2. The zero-order valence-corrected chi connectivity index (χ0v) is 16.5. The molecule has 0 aliphatic rings. The van der Waals surface area contributed by atoms with E-state index in [1.807, 2.05) is 44.2 Å². The molecule has 2 aromatic carbocycles. The Morgan fingerprint density at radius 3 is 2.18 bits per heavy atom. The van der Waals surface area contributed by atoms with Crippen molar-refractivity contribution in [2.24, 2.45) is 0 Å². The summed E-state index contributed by atoms with van der Waals surface area (Å²) in [6, 6.07) is 19.4. The van der Waals surface area contributed by atoms with Gasteiger partial charge in [-0.15, -0.1) is 10.2 Å². The molecule has 28 heavy (non-hydrogen) atoms. The Labute approximate surface area is 164 Å². The van der Waals surface area contributed by atoms with Crippen LogP contribution < -0.4 is 14.8 Å². The highest BCUT2D eigenvalue weighted by Crippen LogP contribution is 2.20. The maximum atomic E-state index is 12.5. The van der Waals surface area contributed by atoms with Crippen LogP contribution in [-0.4, -0.2) is 25.2 Å². The highest BCUT2D eigenvalue weighted by Gasteiger charge is 2.15. The normalized spacial score (nSPS) is 12.2. The highest BCUT2D eigenvalue weighted by atomic mass is 32.2. The Hall–Kier alpha value is -3.13. The fourth-order valence-corrected chi connectivity index (χ4v) is 3.59. The molecule has 1 atom stereocenters. The SMILES string of the molecule is CCOc1ccc(S(=O)(=O)Nc2ccc(NC(C)c3ccccc3)nn2)cc1. The van der Waals surface area contributed by atoms with E-state index < -0.39 is 10.0 Å². The Balaban J connectivity index is 1.66. The Morgan fingerprint density at radius 2 is 1.57 bits per heavy atom. The molecule has 0 amide bonds. The van der Waals surface area contributed by atoms with Gasteiger partial charge in [-0.3, -0.25) is 4.72 Å². The number of benzene rings is 2. The first-order chi connectivity index (χ1) is 13.5. The van der Waals surface area contributed by atoms with Gasteiger partial charge in [0.25, 0.3) is 10.0 Å². The first-order valence-corrected chi connectivity index (χ1v) is 10.4. The standard InChI is InChI=1S/C20H22N4O3S/c1-3-27-17-9-11-18(12-10-17)28(25,26)24-20-14-13-19(22-23-20)21-15(2)16-7-5-4-6-8-16/h4-15H,3H2,1-2H3,(H,21,22)(H,23,24). The number of nitrogens with zero attached hydrogens (tertiary/aromatic N) is 2. The van der Waals surface area contributed by atoms with Crippen LogP contribution in [0.1, 0.15) is 25.5 Å². The number of hydrogen-bond donors (Lipinski definition) is 2. The summed E-state index contributed by atoms with van der Waals surface area (Å²) in [4.78, 5) is 0.123. The molecule has 0 saturated heterocycles. The molecular formula is C20H22N4O3S. The summed E-state index contributed by atoms with van der Waals surface area (Å²) in [5.41, 5.74) is 1.12. The van der Waals surface area contributed by atoms with Crippen molar-refractivity contribution >= 4 is 21.7 Å². The Kier molecular flexibility index (Phi) is 6.10. The molecule has 8 heteroatoms. The number of ether oxygens (including phenoxy) is 1. The molecule has 1 heterocycles. The van der Waals surface area contributed by atoms with E-state index in [9.17, 15) is 8.42 Å². The first-order valence-electron chi connectivity index (χ1n) is 8.89. The Bertz CT molecular complexity index is 992. The van der Waals surface area contributed by atoms with Crippen molar-refractivity contribution in [3.63, 3.8) is 0 Å². The van der Waals surface area contributed by atoms with Gasteiger partial charge < -0.3 is 10.1 Å². The second kappa shape index (κ2) is 8.71. The molecule has 0 saturated carbocycles. The van der Waals surface area contributed by atoms with Crippen molar-refractivity contribution in [1.82, 2.24) is 10.2 Å². The van der Waals surface area contributed by atoms with Crippen molar-refractivity contribution in [3.8, 4) is 5.75 Å². The average Bonchev–Trinajstić information content (AvgIpc) is 2.70. The van der Waals surface area contributed by atoms with Crippen LogP contribution in [0.2, 0.25) is 0 Å². The van der Waals surface area contributed by atoms with Crippen molar-refractivity contribution in [2.75, 3.05) is 16.6 Å². The summed E-state index contributed by atoms with van der Waals surface area (Å²) in [5.74, 6) is 1.32. The lowest BCUT2D eigenvalue weighted by molar-refractivity contribution is 0.340. The zero-order valence-electron chi connectivity index (χ0n) is 15.7. The fraction of sp³-hybridized carbons (Fsp3) is 0.200. The minimum absolute atomic E-state index is 0.0434. The van der Waals surface area contributed by atoms with Crippen molar-refractivity contribution in [2.45, 2.75) is 24.8 Å². The molecule has 0 aliphatic carbocycles. The van der Waals surface area contributed by atoms with Gasteiger partial charge in [-0.05, 0) is 55.8 Å². The number of rotatable bonds is 8. The minimum atomic E-state index is -3.75. The number of aromatic nitrogens is 2. The predicted octanol–water partition coefficient (Wildman–Crippen LogP) is 3.85. The van der Waals surface area contributed by atoms with Gasteiger partial charge >= 0.3 is 0 Å². The topological polar surface area (TPSA) is 93.2 Å². The van der Waals surface area contributed by atoms with E-state index in [0.29, 0.717) is 18.2 Å². The largest absolute Gasteiger partial charge is 0.494 e. The Morgan fingerprint density at radius 1 is 0.929 bits per heavy atom. The van der Waals surface area contributed by atoms with E-state index in [0.717, 1.165) is 5.56 Å². The maximum absolute atomic E-state index is 12.5. The van der Waals surface area contributed by atoms with Crippen LogP contribution in [-0.2, 0) is 10.0 Å². The van der Waals surface area contributed by atoms with Gasteiger partial charge in [-0.1, -0.05) is 30.3 Å². The molecule has 2 N–H and O–H groups in total. The molecular weight excluding hydrogens is 376 g/mol. The van der Waals surface area contributed by atoms with Crippen LogP contribution in [0.4, 0.5) is 11.6 Å². The summed E-state index contributed by atoms with van der Waals surface area (Å²) in [5, 5.41) is 11.2. The third kappa shape index (κ3) is 4.98. The summed E-state index contributed by atoms with van der Waals surface area (Å²) in [6.07, 6.45) is 0. The first kappa shape index (κ1) is 19.6. The molecule has 3 rings (SSSR count). The predicted molar refractivity (Wildman–Crippen MR) is 109 cm³/mol. The second-order valence-corrected chi connectivity index (χ2v) is 7.77. The van der Waals surface area contributed by atoms with E-state index in [-0.39, 0.29) is 16.8 Å². The quantitative estimate of drug-likeness (QED) is 0.599. The highest BCUT2D eigenvalue weighted by molar-refractivity contribution is 7.92. The van der Waals surface area contributed by atoms with Crippen LogP contribution in [0.25, 0.3) is 0 Å². The van der Waals surface area contributed by atoms with Crippen LogP contribution in [0, 0.1) is 0 Å². The average molecular weight is 398 g/mol. The molecule has 1 unspecified atom stereocenters. The van der Waals surface area contributed by atoms with E-state index in [1.54, 1.807) is 24.3 Å². The number of sulfonamides is 1. The molecule has 0 fully saturated rings. The summed E-state index contributed by atoms with van der Waals surface area (Å²) in [7, 11) is -3.75. The smallest absolute Gasteiger partial charge is 0.263 e. The van der Waals surface area contributed by atoms with Crippen LogP contribution in [0.5, 0.6) is 5.75 Å². The summed E-state index contributed by atoms with van der Waals surface area (Å²) < 4.78 is 32.7.